The van der Waals surface area contributed by atoms with Crippen molar-refractivity contribution in [3.8, 4) is 0 Å². The van der Waals surface area contributed by atoms with Crippen LogP contribution in [0.2, 0.25) is 0 Å². The Morgan fingerprint density at radius 3 is 2.73 bits per heavy atom. The molecule has 0 unspecified atom stereocenters. The van der Waals surface area contributed by atoms with E-state index in [2.05, 4.69) is 11.6 Å². The van der Waals surface area contributed by atoms with E-state index in [9.17, 15) is 0 Å². The van der Waals surface area contributed by atoms with E-state index in [0.29, 0.717) is 11.4 Å². The first-order valence-electron chi connectivity index (χ1n) is 3.42. The number of para-hydroxylation sites is 1. The maximum atomic E-state index is 5.71. The molecule has 0 bridgehead atoms. The van der Waals surface area contributed by atoms with Crippen LogP contribution in [0.5, 0.6) is 0 Å². The van der Waals surface area contributed by atoms with Crippen LogP contribution in [-0.4, -0.2) is 0 Å². The SMILES string of the molecule is C=C1N=c2ccccc2=C1N. The molecule has 1 aliphatic heterocycles. The van der Waals surface area contributed by atoms with Gasteiger partial charge in [-0.15, -0.1) is 0 Å². The lowest BCUT2D eigenvalue weighted by atomic mass is 10.2. The molecule has 0 fully saturated rings. The van der Waals surface area contributed by atoms with Gasteiger partial charge in [0, 0.05) is 5.22 Å². The van der Waals surface area contributed by atoms with Crippen LogP contribution in [0.25, 0.3) is 5.70 Å². The second-order valence-electron chi connectivity index (χ2n) is 2.49. The average Bonchev–Trinajstić information content (AvgIpc) is 2.30. The monoisotopic (exact) mass is 144 g/mol. The Kier molecular flexibility index (Phi) is 1.09. The molecule has 2 N–H and O–H groups in total. The number of hydrogen-bond acceptors (Lipinski definition) is 2. The summed E-state index contributed by atoms with van der Waals surface area (Å²) in [5.74, 6) is 0. The van der Waals surface area contributed by atoms with E-state index in [-0.39, 0.29) is 0 Å². The molecule has 1 aromatic carbocycles. The zero-order valence-electron chi connectivity index (χ0n) is 6.04. The first-order valence-corrected chi connectivity index (χ1v) is 3.42. The Morgan fingerprint density at radius 2 is 2.00 bits per heavy atom. The Hall–Kier alpha value is -1.57. The number of benzene rings is 1. The molecule has 0 radical (unpaired) electrons. The molecule has 0 aromatic heterocycles. The first kappa shape index (κ1) is 6.16. The summed E-state index contributed by atoms with van der Waals surface area (Å²) in [6.45, 7) is 3.72. The van der Waals surface area contributed by atoms with Crippen LogP contribution < -0.4 is 16.3 Å². The van der Waals surface area contributed by atoms with E-state index in [1.807, 2.05) is 24.3 Å². The van der Waals surface area contributed by atoms with Crippen molar-refractivity contribution in [2.75, 3.05) is 0 Å². The lowest BCUT2D eigenvalue weighted by molar-refractivity contribution is 1.32. The molecular formula is C9H8N2. The van der Waals surface area contributed by atoms with Gasteiger partial charge in [0.15, 0.2) is 0 Å². The number of rotatable bonds is 0. The smallest absolute Gasteiger partial charge is 0.0801 e. The number of nitrogens with two attached hydrogens (primary N) is 1. The van der Waals surface area contributed by atoms with Gasteiger partial charge in [0.2, 0.25) is 0 Å². The van der Waals surface area contributed by atoms with Gasteiger partial charge in [0.25, 0.3) is 0 Å². The normalized spacial score (nSPS) is 14.5. The van der Waals surface area contributed by atoms with Gasteiger partial charge in [-0.2, -0.15) is 0 Å². The summed E-state index contributed by atoms with van der Waals surface area (Å²) in [7, 11) is 0. The minimum Gasteiger partial charge on any atom is -0.396 e. The van der Waals surface area contributed by atoms with E-state index in [1.54, 1.807) is 0 Å². The van der Waals surface area contributed by atoms with Crippen LogP contribution in [0.1, 0.15) is 0 Å². The first-order chi connectivity index (χ1) is 5.29. The summed E-state index contributed by atoms with van der Waals surface area (Å²) >= 11 is 0. The highest BCUT2D eigenvalue weighted by Gasteiger charge is 2.04. The van der Waals surface area contributed by atoms with Crippen molar-refractivity contribution < 1.29 is 0 Å². The van der Waals surface area contributed by atoms with E-state index in [1.165, 1.54) is 0 Å². The zero-order chi connectivity index (χ0) is 7.84. The molecule has 0 spiro atoms. The van der Waals surface area contributed by atoms with Crippen LogP contribution in [0.3, 0.4) is 0 Å². The standard InChI is InChI=1S/C9H8N2/c1-6-9(10)7-4-2-3-5-8(7)11-6/h2-5H,1,10H2. The van der Waals surface area contributed by atoms with Gasteiger partial charge in [0.1, 0.15) is 0 Å². The molecule has 0 saturated heterocycles. The van der Waals surface area contributed by atoms with Gasteiger partial charge < -0.3 is 5.73 Å². The molecule has 2 nitrogen and oxygen atoms in total. The molecule has 0 aliphatic carbocycles. The van der Waals surface area contributed by atoms with Crippen LogP contribution in [0.4, 0.5) is 0 Å². The minimum absolute atomic E-state index is 0.672. The van der Waals surface area contributed by atoms with Crippen molar-refractivity contribution in [3.63, 3.8) is 0 Å². The minimum atomic E-state index is 0.672. The second-order valence-corrected chi connectivity index (χ2v) is 2.49. The van der Waals surface area contributed by atoms with E-state index in [4.69, 9.17) is 5.73 Å². The topological polar surface area (TPSA) is 38.4 Å². The summed E-state index contributed by atoms with van der Waals surface area (Å²) in [5.41, 5.74) is 7.08. The maximum Gasteiger partial charge on any atom is 0.0801 e. The summed E-state index contributed by atoms with van der Waals surface area (Å²) in [6.07, 6.45) is 0. The van der Waals surface area contributed by atoms with Crippen molar-refractivity contribution in [1.82, 2.24) is 0 Å². The highest BCUT2D eigenvalue weighted by Crippen LogP contribution is 2.02. The highest BCUT2D eigenvalue weighted by molar-refractivity contribution is 5.61. The summed E-state index contributed by atoms with van der Waals surface area (Å²) < 4.78 is 0. The predicted molar refractivity (Wildman–Crippen MR) is 44.0 cm³/mol. The lowest BCUT2D eigenvalue weighted by Gasteiger charge is -1.89. The van der Waals surface area contributed by atoms with E-state index in [0.717, 1.165) is 10.6 Å². The van der Waals surface area contributed by atoms with Crippen LogP contribution >= 0.6 is 0 Å². The molecule has 0 amide bonds. The predicted octanol–water partition coefficient (Wildman–Crippen LogP) is -0.0996. The maximum absolute atomic E-state index is 5.71. The third-order valence-corrected chi connectivity index (χ3v) is 1.76. The van der Waals surface area contributed by atoms with Crippen LogP contribution in [0.15, 0.2) is 41.5 Å². The lowest BCUT2D eigenvalue weighted by Crippen LogP contribution is -2.24. The number of fused-ring (bicyclic) bond motifs is 1. The van der Waals surface area contributed by atoms with Crippen molar-refractivity contribution in [2.45, 2.75) is 0 Å². The fourth-order valence-corrected chi connectivity index (χ4v) is 1.16. The van der Waals surface area contributed by atoms with Gasteiger partial charge in [-0.1, -0.05) is 24.8 Å². The van der Waals surface area contributed by atoms with Crippen molar-refractivity contribution in [2.24, 2.45) is 10.7 Å². The summed E-state index contributed by atoms with van der Waals surface area (Å²) in [4.78, 5) is 4.18. The Morgan fingerprint density at radius 1 is 1.27 bits per heavy atom. The number of hydrogen-bond donors (Lipinski definition) is 1. The van der Waals surface area contributed by atoms with E-state index >= 15 is 0 Å². The molecule has 1 heterocycles. The molecule has 0 atom stereocenters. The van der Waals surface area contributed by atoms with E-state index < -0.39 is 0 Å². The zero-order valence-corrected chi connectivity index (χ0v) is 6.04. The fraction of sp³-hybridized carbons (Fsp3) is 0. The number of nitrogens with zero attached hydrogens (tertiary/aromatic N) is 1. The fourth-order valence-electron chi connectivity index (χ4n) is 1.16. The Bertz CT molecular complexity index is 429. The van der Waals surface area contributed by atoms with Crippen molar-refractivity contribution in [3.05, 3.63) is 47.1 Å². The Balaban J connectivity index is 3.00. The van der Waals surface area contributed by atoms with Gasteiger partial charge in [-0.25, -0.2) is 4.99 Å². The van der Waals surface area contributed by atoms with Crippen LogP contribution in [-0.2, 0) is 0 Å². The molecule has 1 aromatic rings. The van der Waals surface area contributed by atoms with Crippen molar-refractivity contribution in [1.29, 1.82) is 0 Å². The third-order valence-electron chi connectivity index (χ3n) is 1.76. The van der Waals surface area contributed by atoms with Gasteiger partial charge in [0.05, 0.1) is 16.8 Å². The van der Waals surface area contributed by atoms with Gasteiger partial charge in [-0.05, 0) is 6.07 Å². The van der Waals surface area contributed by atoms with Gasteiger partial charge in [-0.3, -0.25) is 0 Å². The summed E-state index contributed by atoms with van der Waals surface area (Å²) in [6, 6.07) is 7.76. The molecule has 0 saturated carbocycles. The van der Waals surface area contributed by atoms with Crippen LogP contribution in [0, 0.1) is 0 Å². The highest BCUT2D eigenvalue weighted by atomic mass is 14.8. The molecule has 11 heavy (non-hydrogen) atoms. The molecule has 2 heteroatoms. The molecule has 2 rings (SSSR count). The molecular weight excluding hydrogens is 136 g/mol. The van der Waals surface area contributed by atoms with Crippen molar-refractivity contribution >= 4 is 5.70 Å². The summed E-state index contributed by atoms with van der Waals surface area (Å²) in [5, 5.41) is 1.92. The quantitative estimate of drug-likeness (QED) is 0.542. The average molecular weight is 144 g/mol. The largest absolute Gasteiger partial charge is 0.396 e. The van der Waals surface area contributed by atoms with Gasteiger partial charge >= 0.3 is 0 Å². The Labute approximate surface area is 64.4 Å². The second kappa shape index (κ2) is 1.95. The molecule has 1 aliphatic rings. The molecule has 54 valence electrons. The third kappa shape index (κ3) is 0.759.